The molecule has 0 amide bonds. The zero-order valence-electron chi connectivity index (χ0n) is 8.81. The van der Waals surface area contributed by atoms with Crippen LogP contribution >= 0.6 is 0 Å². The number of aliphatic hydroxyl groups is 1. The second kappa shape index (κ2) is 4.45. The summed E-state index contributed by atoms with van der Waals surface area (Å²) in [6.45, 7) is 2.65. The molecule has 1 N–H and O–H groups in total. The Bertz CT molecular complexity index is 374. The van der Waals surface area contributed by atoms with Crippen LogP contribution in [0.15, 0.2) is 30.3 Å². The van der Waals surface area contributed by atoms with Crippen LogP contribution in [0.1, 0.15) is 30.1 Å². The lowest BCUT2D eigenvalue weighted by Gasteiger charge is -2.19. The fourth-order valence-corrected chi connectivity index (χ4v) is 1.66. The van der Waals surface area contributed by atoms with Crippen molar-refractivity contribution in [1.29, 1.82) is 0 Å². The van der Waals surface area contributed by atoms with Crippen LogP contribution in [0.3, 0.4) is 0 Å². The Balaban J connectivity index is 2.19. The summed E-state index contributed by atoms with van der Waals surface area (Å²) < 4.78 is 5.42. The van der Waals surface area contributed by atoms with Gasteiger partial charge in [-0.3, -0.25) is 4.98 Å². The van der Waals surface area contributed by atoms with Crippen molar-refractivity contribution in [3.63, 3.8) is 0 Å². The summed E-state index contributed by atoms with van der Waals surface area (Å²) in [5.74, 6) is 0.661. The summed E-state index contributed by atoms with van der Waals surface area (Å²) in [4.78, 5) is 4.06. The van der Waals surface area contributed by atoms with Crippen molar-refractivity contribution < 1.29 is 9.84 Å². The first-order valence-corrected chi connectivity index (χ1v) is 5.20. The zero-order valence-corrected chi connectivity index (χ0v) is 8.81. The molecule has 0 saturated carbocycles. The lowest BCUT2D eigenvalue weighted by atomic mass is 10.1. The minimum absolute atomic E-state index is 0.661. The first-order valence-electron chi connectivity index (χ1n) is 5.20. The fraction of sp³-hybridized carbons (Fsp3) is 0.417. The van der Waals surface area contributed by atoms with Crippen LogP contribution in [-0.2, 0) is 4.74 Å². The molecule has 0 fully saturated rings. The molecule has 1 atom stereocenters. The number of aryl methyl sites for hydroxylation is 1. The molecule has 0 saturated heterocycles. The van der Waals surface area contributed by atoms with Gasteiger partial charge in [-0.2, -0.15) is 0 Å². The summed E-state index contributed by atoms with van der Waals surface area (Å²) in [5, 5.41) is 10.0. The van der Waals surface area contributed by atoms with Gasteiger partial charge >= 0.3 is 0 Å². The van der Waals surface area contributed by atoms with Gasteiger partial charge in [0.15, 0.2) is 0 Å². The van der Waals surface area contributed by atoms with Crippen LogP contribution in [0.2, 0.25) is 0 Å². The van der Waals surface area contributed by atoms with Crippen LogP contribution in [0, 0.1) is 6.92 Å². The molecule has 0 radical (unpaired) electrons. The van der Waals surface area contributed by atoms with Crippen molar-refractivity contribution in [2.75, 3.05) is 6.61 Å². The Hall–Kier alpha value is -1.35. The van der Waals surface area contributed by atoms with Crippen LogP contribution in [-0.4, -0.2) is 16.7 Å². The van der Waals surface area contributed by atoms with E-state index in [1.165, 1.54) is 0 Å². The van der Waals surface area contributed by atoms with Gasteiger partial charge in [-0.1, -0.05) is 0 Å². The maximum atomic E-state index is 10.0. The van der Waals surface area contributed by atoms with Crippen molar-refractivity contribution in [3.05, 3.63) is 41.4 Å². The standard InChI is InChI=1S/C12H15NO2/c1-9-6-10(8-13-7-9)12(14)11-4-2-3-5-15-11/h4,6-8,12,14H,2-3,5H2,1H3. The third-order valence-corrected chi connectivity index (χ3v) is 2.44. The van der Waals surface area contributed by atoms with E-state index in [9.17, 15) is 5.11 Å². The molecule has 2 rings (SSSR count). The average Bonchev–Trinajstić information content (AvgIpc) is 2.29. The number of hydrogen-bond donors (Lipinski definition) is 1. The Labute approximate surface area is 89.4 Å². The van der Waals surface area contributed by atoms with Crippen molar-refractivity contribution >= 4 is 0 Å². The highest BCUT2D eigenvalue weighted by atomic mass is 16.5. The Kier molecular flexibility index (Phi) is 3.02. The maximum Gasteiger partial charge on any atom is 0.137 e. The molecule has 80 valence electrons. The molecule has 3 heteroatoms. The number of hydrogen-bond acceptors (Lipinski definition) is 3. The number of aromatic nitrogens is 1. The molecule has 0 aromatic carbocycles. The smallest absolute Gasteiger partial charge is 0.137 e. The number of aliphatic hydroxyl groups excluding tert-OH is 1. The molecule has 2 heterocycles. The van der Waals surface area contributed by atoms with Crippen LogP contribution in [0.25, 0.3) is 0 Å². The van der Waals surface area contributed by atoms with Crippen molar-refractivity contribution in [2.45, 2.75) is 25.9 Å². The topological polar surface area (TPSA) is 42.4 Å². The van der Waals surface area contributed by atoms with Crippen molar-refractivity contribution in [2.24, 2.45) is 0 Å². The van der Waals surface area contributed by atoms with Crippen LogP contribution in [0.4, 0.5) is 0 Å². The van der Waals surface area contributed by atoms with E-state index in [-0.39, 0.29) is 0 Å². The van der Waals surface area contributed by atoms with Crippen molar-refractivity contribution in [1.82, 2.24) is 4.98 Å². The lowest BCUT2D eigenvalue weighted by molar-refractivity contribution is 0.0916. The maximum absolute atomic E-state index is 10.0. The van der Waals surface area contributed by atoms with Gasteiger partial charge in [0.25, 0.3) is 0 Å². The van der Waals surface area contributed by atoms with E-state index in [0.717, 1.165) is 24.0 Å². The molecule has 0 bridgehead atoms. The van der Waals surface area contributed by atoms with Gasteiger partial charge in [0.1, 0.15) is 11.9 Å². The van der Waals surface area contributed by atoms with E-state index < -0.39 is 6.10 Å². The van der Waals surface area contributed by atoms with Crippen molar-refractivity contribution in [3.8, 4) is 0 Å². The highest BCUT2D eigenvalue weighted by molar-refractivity contribution is 5.24. The second-order valence-corrected chi connectivity index (χ2v) is 3.80. The predicted molar refractivity (Wildman–Crippen MR) is 57.2 cm³/mol. The van der Waals surface area contributed by atoms with E-state index in [0.29, 0.717) is 12.4 Å². The summed E-state index contributed by atoms with van der Waals surface area (Å²) in [5.41, 5.74) is 1.84. The predicted octanol–water partition coefficient (Wildman–Crippen LogP) is 2.12. The van der Waals surface area contributed by atoms with E-state index in [4.69, 9.17) is 4.74 Å². The second-order valence-electron chi connectivity index (χ2n) is 3.80. The molecule has 0 spiro atoms. The number of pyridine rings is 1. The van der Waals surface area contributed by atoms with Gasteiger partial charge in [0.05, 0.1) is 6.61 Å². The molecular formula is C12H15NO2. The fourth-order valence-electron chi connectivity index (χ4n) is 1.66. The summed E-state index contributed by atoms with van der Waals surface area (Å²) in [7, 11) is 0. The van der Waals surface area contributed by atoms with Crippen LogP contribution < -0.4 is 0 Å². The Morgan fingerprint density at radius 2 is 2.33 bits per heavy atom. The highest BCUT2D eigenvalue weighted by Crippen LogP contribution is 2.25. The molecule has 15 heavy (non-hydrogen) atoms. The summed E-state index contributed by atoms with van der Waals surface area (Å²) >= 11 is 0. The summed E-state index contributed by atoms with van der Waals surface area (Å²) in [6.07, 6.45) is 6.74. The molecule has 1 unspecified atom stereocenters. The first kappa shape index (κ1) is 10.2. The normalized spacial score (nSPS) is 17.9. The van der Waals surface area contributed by atoms with Gasteiger partial charge in [-0.05, 0) is 37.5 Å². The molecule has 0 aliphatic carbocycles. The van der Waals surface area contributed by atoms with Crippen LogP contribution in [0.5, 0.6) is 0 Å². The zero-order chi connectivity index (χ0) is 10.7. The van der Waals surface area contributed by atoms with E-state index in [1.54, 1.807) is 12.4 Å². The molecule has 1 aromatic heterocycles. The van der Waals surface area contributed by atoms with E-state index in [1.807, 2.05) is 19.1 Å². The highest BCUT2D eigenvalue weighted by Gasteiger charge is 2.17. The van der Waals surface area contributed by atoms with Gasteiger partial charge < -0.3 is 9.84 Å². The third kappa shape index (κ3) is 2.36. The largest absolute Gasteiger partial charge is 0.495 e. The number of nitrogens with zero attached hydrogens (tertiary/aromatic N) is 1. The van der Waals surface area contributed by atoms with E-state index >= 15 is 0 Å². The first-order chi connectivity index (χ1) is 7.27. The number of allylic oxidation sites excluding steroid dienone is 1. The molecular weight excluding hydrogens is 190 g/mol. The Morgan fingerprint density at radius 3 is 3.00 bits per heavy atom. The molecule has 1 aromatic rings. The minimum Gasteiger partial charge on any atom is -0.495 e. The van der Waals surface area contributed by atoms with E-state index in [2.05, 4.69) is 4.98 Å². The monoisotopic (exact) mass is 205 g/mol. The average molecular weight is 205 g/mol. The molecule has 3 nitrogen and oxygen atoms in total. The molecule has 1 aliphatic heterocycles. The SMILES string of the molecule is Cc1cncc(C(O)C2=CCCCO2)c1. The Morgan fingerprint density at radius 1 is 1.47 bits per heavy atom. The van der Waals surface area contributed by atoms with Gasteiger partial charge in [0, 0.05) is 18.0 Å². The van der Waals surface area contributed by atoms with Gasteiger partial charge in [-0.25, -0.2) is 0 Å². The summed E-state index contributed by atoms with van der Waals surface area (Å²) in [6, 6.07) is 1.93. The number of ether oxygens (including phenoxy) is 1. The lowest BCUT2D eigenvalue weighted by Crippen LogP contribution is -2.10. The minimum atomic E-state index is -0.669. The van der Waals surface area contributed by atoms with Gasteiger partial charge in [-0.15, -0.1) is 0 Å². The third-order valence-electron chi connectivity index (χ3n) is 2.44. The van der Waals surface area contributed by atoms with Gasteiger partial charge in [0.2, 0.25) is 0 Å². The molecule has 1 aliphatic rings. The quantitative estimate of drug-likeness (QED) is 0.804. The number of rotatable bonds is 2.